The van der Waals surface area contributed by atoms with Crippen LogP contribution in [0.4, 0.5) is 0 Å². The van der Waals surface area contributed by atoms with E-state index >= 15 is 0 Å². The van der Waals surface area contributed by atoms with Crippen molar-refractivity contribution in [1.82, 2.24) is 4.90 Å². The van der Waals surface area contributed by atoms with Crippen molar-refractivity contribution in [2.75, 3.05) is 12.3 Å². The number of amides is 1. The zero-order valence-corrected chi connectivity index (χ0v) is 11.0. The second-order valence-corrected chi connectivity index (χ2v) is 6.21. The van der Waals surface area contributed by atoms with Crippen LogP contribution in [-0.4, -0.2) is 23.1 Å². The van der Waals surface area contributed by atoms with Crippen LogP contribution < -0.4 is 0 Å². The lowest BCUT2D eigenvalue weighted by Gasteiger charge is -2.24. The van der Waals surface area contributed by atoms with Crippen molar-refractivity contribution in [2.45, 2.75) is 18.2 Å². The fraction of sp³-hybridized carbons (Fsp3) is 0.462. The predicted octanol–water partition coefficient (Wildman–Crippen LogP) is 3.32. The third-order valence-corrected chi connectivity index (χ3v) is 4.73. The van der Waals surface area contributed by atoms with Crippen LogP contribution in [0.25, 0.3) is 0 Å². The van der Waals surface area contributed by atoms with Gasteiger partial charge in [-0.05, 0) is 30.5 Å². The summed E-state index contributed by atoms with van der Waals surface area (Å²) in [7, 11) is 0. The van der Waals surface area contributed by atoms with Crippen LogP contribution in [-0.2, 0) is 4.79 Å². The highest BCUT2D eigenvalue weighted by Gasteiger charge is 2.39. The third-order valence-electron chi connectivity index (χ3n) is 3.23. The summed E-state index contributed by atoms with van der Waals surface area (Å²) in [6.45, 7) is 0.872. The lowest BCUT2D eigenvalue weighted by molar-refractivity contribution is -0.132. The quantitative estimate of drug-likeness (QED) is 0.819. The summed E-state index contributed by atoms with van der Waals surface area (Å²) in [6, 6.07) is 7.85. The summed E-state index contributed by atoms with van der Waals surface area (Å²) in [5.41, 5.74) is 1.15. The third kappa shape index (κ3) is 2.31. The minimum absolute atomic E-state index is 0.168. The van der Waals surface area contributed by atoms with Crippen molar-refractivity contribution in [1.29, 1.82) is 0 Å². The van der Waals surface area contributed by atoms with E-state index in [4.69, 9.17) is 11.6 Å². The highest BCUT2D eigenvalue weighted by atomic mass is 35.5. The highest BCUT2D eigenvalue weighted by molar-refractivity contribution is 7.99. The van der Waals surface area contributed by atoms with Crippen LogP contribution in [0.15, 0.2) is 24.3 Å². The monoisotopic (exact) mass is 267 g/mol. The van der Waals surface area contributed by atoms with Gasteiger partial charge >= 0.3 is 0 Å². The molecule has 1 aliphatic carbocycles. The second-order valence-electron chi connectivity index (χ2n) is 4.58. The molecule has 1 amide bonds. The van der Waals surface area contributed by atoms with Crippen molar-refractivity contribution < 1.29 is 4.79 Å². The first-order valence-electron chi connectivity index (χ1n) is 5.93. The number of hydrogen-bond donors (Lipinski definition) is 0. The van der Waals surface area contributed by atoms with E-state index in [1.807, 2.05) is 34.9 Å². The Kier molecular flexibility index (Phi) is 3.05. The Hall–Kier alpha value is -0.670. The molecule has 1 aromatic carbocycles. The van der Waals surface area contributed by atoms with Gasteiger partial charge in [-0.3, -0.25) is 4.79 Å². The molecule has 1 saturated heterocycles. The normalized spacial score (nSPS) is 24.1. The topological polar surface area (TPSA) is 20.3 Å². The molecule has 2 fully saturated rings. The molecule has 1 aromatic rings. The highest BCUT2D eigenvalue weighted by Crippen LogP contribution is 2.42. The molecule has 0 radical (unpaired) electrons. The Labute approximate surface area is 110 Å². The van der Waals surface area contributed by atoms with Crippen molar-refractivity contribution in [3.63, 3.8) is 0 Å². The molecule has 0 unspecified atom stereocenters. The van der Waals surface area contributed by atoms with Crippen LogP contribution >= 0.6 is 23.4 Å². The van der Waals surface area contributed by atoms with Crippen LogP contribution in [0.5, 0.6) is 0 Å². The van der Waals surface area contributed by atoms with Gasteiger partial charge in [-0.25, -0.2) is 0 Å². The van der Waals surface area contributed by atoms with E-state index < -0.39 is 0 Å². The Bertz CT molecular complexity index is 447. The molecule has 0 aromatic heterocycles. The standard InChI is InChI=1S/C13H14ClNOS/c14-11-3-1-2-10(8-11)13-15(6-7-17-13)12(16)9-4-5-9/h1-3,8-9,13H,4-7H2/t13-/m0/s1. The van der Waals surface area contributed by atoms with E-state index in [1.54, 1.807) is 0 Å². The Morgan fingerprint density at radius 1 is 1.41 bits per heavy atom. The van der Waals surface area contributed by atoms with Crippen LogP contribution in [0.2, 0.25) is 5.02 Å². The van der Waals surface area contributed by atoms with Gasteiger partial charge in [-0.15, -0.1) is 11.8 Å². The van der Waals surface area contributed by atoms with E-state index in [0.29, 0.717) is 11.8 Å². The zero-order valence-electron chi connectivity index (χ0n) is 9.43. The molecule has 0 N–H and O–H groups in total. The molecule has 0 spiro atoms. The van der Waals surface area contributed by atoms with Crippen molar-refractivity contribution in [3.05, 3.63) is 34.9 Å². The van der Waals surface area contributed by atoms with Crippen molar-refractivity contribution in [3.8, 4) is 0 Å². The average molecular weight is 268 g/mol. The van der Waals surface area contributed by atoms with E-state index in [-0.39, 0.29) is 5.37 Å². The lowest BCUT2D eigenvalue weighted by atomic mass is 10.2. The molecule has 0 bridgehead atoms. The number of hydrogen-bond acceptors (Lipinski definition) is 2. The molecule has 1 heterocycles. The van der Waals surface area contributed by atoms with Gasteiger partial charge < -0.3 is 4.90 Å². The molecule has 3 rings (SSSR count). The van der Waals surface area contributed by atoms with E-state index in [9.17, 15) is 4.79 Å². The molecule has 4 heteroatoms. The Morgan fingerprint density at radius 2 is 2.24 bits per heavy atom. The first kappa shape index (κ1) is 11.4. The molecule has 17 heavy (non-hydrogen) atoms. The minimum Gasteiger partial charge on any atom is -0.325 e. The summed E-state index contributed by atoms with van der Waals surface area (Å²) in [6.07, 6.45) is 2.14. The fourth-order valence-electron chi connectivity index (χ4n) is 2.20. The van der Waals surface area contributed by atoms with Crippen LogP contribution in [0, 0.1) is 5.92 Å². The number of benzene rings is 1. The van der Waals surface area contributed by atoms with Gasteiger partial charge in [0.05, 0.1) is 0 Å². The molecule has 1 atom stereocenters. The van der Waals surface area contributed by atoms with Gasteiger partial charge in [0.15, 0.2) is 0 Å². The summed E-state index contributed by atoms with van der Waals surface area (Å²) in [5.74, 6) is 1.66. The van der Waals surface area contributed by atoms with E-state index in [1.165, 1.54) is 0 Å². The van der Waals surface area contributed by atoms with Crippen LogP contribution in [0.3, 0.4) is 0 Å². The molecule has 90 valence electrons. The van der Waals surface area contributed by atoms with Gasteiger partial charge in [0, 0.05) is 23.2 Å². The number of carbonyl (C=O) groups is 1. The first-order chi connectivity index (χ1) is 8.25. The number of carbonyl (C=O) groups excluding carboxylic acids is 1. The maximum atomic E-state index is 12.2. The zero-order chi connectivity index (χ0) is 11.8. The molecule has 2 aliphatic rings. The van der Waals surface area contributed by atoms with E-state index in [0.717, 1.165) is 35.7 Å². The fourth-order valence-corrected chi connectivity index (χ4v) is 3.65. The Balaban J connectivity index is 1.83. The smallest absolute Gasteiger partial charge is 0.226 e. The van der Waals surface area contributed by atoms with Gasteiger partial charge in [-0.2, -0.15) is 0 Å². The molecule has 1 aliphatic heterocycles. The molecule has 1 saturated carbocycles. The number of thioether (sulfide) groups is 1. The summed E-state index contributed by atoms with van der Waals surface area (Å²) in [5, 5.41) is 0.913. The number of rotatable bonds is 2. The molecule has 2 nitrogen and oxygen atoms in total. The van der Waals surface area contributed by atoms with Crippen LogP contribution in [0.1, 0.15) is 23.8 Å². The van der Waals surface area contributed by atoms with Gasteiger partial charge in [-0.1, -0.05) is 23.7 Å². The number of nitrogens with zero attached hydrogens (tertiary/aromatic N) is 1. The number of halogens is 1. The van der Waals surface area contributed by atoms with Crippen molar-refractivity contribution >= 4 is 29.3 Å². The largest absolute Gasteiger partial charge is 0.325 e. The maximum Gasteiger partial charge on any atom is 0.226 e. The van der Waals surface area contributed by atoms with E-state index in [2.05, 4.69) is 6.07 Å². The lowest BCUT2D eigenvalue weighted by Crippen LogP contribution is -2.31. The van der Waals surface area contributed by atoms with Gasteiger partial charge in [0.2, 0.25) is 5.91 Å². The first-order valence-corrected chi connectivity index (χ1v) is 7.36. The van der Waals surface area contributed by atoms with Crippen molar-refractivity contribution in [2.24, 2.45) is 5.92 Å². The predicted molar refractivity (Wildman–Crippen MR) is 71.1 cm³/mol. The second kappa shape index (κ2) is 4.54. The average Bonchev–Trinajstić information content (AvgIpc) is 3.05. The summed E-state index contributed by atoms with van der Waals surface area (Å²) >= 11 is 7.84. The molecular weight excluding hydrogens is 254 g/mol. The summed E-state index contributed by atoms with van der Waals surface area (Å²) in [4.78, 5) is 14.2. The maximum absolute atomic E-state index is 12.2. The summed E-state index contributed by atoms with van der Waals surface area (Å²) < 4.78 is 0. The molecular formula is C13H14ClNOS. The SMILES string of the molecule is O=C(C1CC1)N1CCS[C@H]1c1cccc(Cl)c1. The van der Waals surface area contributed by atoms with Gasteiger partial charge in [0.1, 0.15) is 5.37 Å². The minimum atomic E-state index is 0.168. The van der Waals surface area contributed by atoms with Gasteiger partial charge in [0.25, 0.3) is 0 Å². The Morgan fingerprint density at radius 3 is 2.94 bits per heavy atom.